The number of phenols is 1. The van der Waals surface area contributed by atoms with Gasteiger partial charge in [0.15, 0.2) is 11.5 Å². The van der Waals surface area contributed by atoms with Crippen LogP contribution in [0.3, 0.4) is 0 Å². The molecule has 5 nitrogen and oxygen atoms in total. The molecule has 1 aromatic rings. The zero-order valence-corrected chi connectivity index (χ0v) is 15.0. The number of amides is 1. The van der Waals surface area contributed by atoms with Gasteiger partial charge in [-0.1, -0.05) is 51.2 Å². The highest BCUT2D eigenvalue weighted by Gasteiger charge is 2.41. The Hall–Kier alpha value is -2.30. The van der Waals surface area contributed by atoms with Gasteiger partial charge in [0.05, 0.1) is 11.6 Å². The number of aliphatic hydroxyl groups is 1. The summed E-state index contributed by atoms with van der Waals surface area (Å²) in [6, 6.07) is 5.83. The molecular weight excluding hydrogens is 318 g/mol. The van der Waals surface area contributed by atoms with Crippen molar-refractivity contribution in [1.82, 2.24) is 4.90 Å². The monoisotopic (exact) mass is 345 g/mol. The zero-order valence-electron chi connectivity index (χ0n) is 15.0. The minimum Gasteiger partial charge on any atom is -0.508 e. The number of phenolic OH excluding ortho intramolecular Hbond substituents is 1. The molecule has 0 saturated carbocycles. The first-order valence-corrected chi connectivity index (χ1v) is 9.01. The van der Waals surface area contributed by atoms with Gasteiger partial charge in [0.1, 0.15) is 5.75 Å². The summed E-state index contributed by atoms with van der Waals surface area (Å²) in [6.45, 7) is 4.03. The van der Waals surface area contributed by atoms with Crippen molar-refractivity contribution >= 4 is 11.7 Å². The van der Waals surface area contributed by atoms with Crippen LogP contribution in [-0.4, -0.2) is 33.3 Å². The summed E-state index contributed by atoms with van der Waals surface area (Å²) in [5, 5.41) is 19.7. The van der Waals surface area contributed by atoms with E-state index in [0.29, 0.717) is 12.1 Å². The molecule has 1 aromatic carbocycles. The number of hydrogen-bond acceptors (Lipinski definition) is 4. The second-order valence-electron chi connectivity index (χ2n) is 6.58. The predicted octanol–water partition coefficient (Wildman–Crippen LogP) is 4.04. The molecule has 0 radical (unpaired) electrons. The molecule has 0 unspecified atom stereocenters. The summed E-state index contributed by atoms with van der Waals surface area (Å²) in [5.41, 5.74) is 0.855. The summed E-state index contributed by atoms with van der Waals surface area (Å²) in [7, 11) is 0. The van der Waals surface area contributed by atoms with E-state index in [4.69, 9.17) is 0 Å². The van der Waals surface area contributed by atoms with Crippen molar-refractivity contribution in [1.29, 1.82) is 0 Å². The van der Waals surface area contributed by atoms with Crippen molar-refractivity contribution in [2.45, 2.75) is 58.4 Å². The molecule has 0 saturated heterocycles. The van der Waals surface area contributed by atoms with Crippen molar-refractivity contribution in [2.24, 2.45) is 0 Å². The summed E-state index contributed by atoms with van der Waals surface area (Å²) < 4.78 is 0. The third-order valence-corrected chi connectivity index (χ3v) is 4.64. The van der Waals surface area contributed by atoms with Crippen LogP contribution in [0.4, 0.5) is 0 Å². The van der Waals surface area contributed by atoms with Gasteiger partial charge in [-0.3, -0.25) is 9.59 Å². The highest BCUT2D eigenvalue weighted by atomic mass is 16.3. The first-order valence-electron chi connectivity index (χ1n) is 9.01. The Kier molecular flexibility index (Phi) is 6.62. The number of carbonyl (C=O) groups excluding carboxylic acids is 2. The van der Waals surface area contributed by atoms with Crippen LogP contribution in [0.1, 0.15) is 64.0 Å². The smallest absolute Gasteiger partial charge is 0.290 e. The van der Waals surface area contributed by atoms with E-state index in [9.17, 15) is 19.8 Å². The number of ketones is 1. The second kappa shape index (κ2) is 8.70. The SMILES string of the molecule is CCCCCCCCN1C(=O)C(O)=C(C(C)=O)[C@H]1c1ccc(O)cc1. The Balaban J connectivity index is 2.15. The number of rotatable bonds is 9. The summed E-state index contributed by atoms with van der Waals surface area (Å²) in [5.74, 6) is -1.13. The Labute approximate surface area is 149 Å². The molecule has 2 N–H and O–H groups in total. The van der Waals surface area contributed by atoms with Gasteiger partial charge in [0.25, 0.3) is 5.91 Å². The molecule has 0 aliphatic carbocycles. The first kappa shape index (κ1) is 19.0. The zero-order chi connectivity index (χ0) is 18.4. The van der Waals surface area contributed by atoms with Gasteiger partial charge < -0.3 is 15.1 Å². The van der Waals surface area contributed by atoms with Crippen molar-refractivity contribution in [2.75, 3.05) is 6.54 Å². The maximum absolute atomic E-state index is 12.5. The summed E-state index contributed by atoms with van der Waals surface area (Å²) in [6.07, 6.45) is 6.57. The van der Waals surface area contributed by atoms with Gasteiger partial charge in [0, 0.05) is 6.54 Å². The van der Waals surface area contributed by atoms with Crippen LogP contribution in [0, 0.1) is 0 Å². The molecule has 1 atom stereocenters. The molecule has 1 amide bonds. The Morgan fingerprint density at radius 3 is 2.24 bits per heavy atom. The third-order valence-electron chi connectivity index (χ3n) is 4.64. The Morgan fingerprint density at radius 1 is 1.04 bits per heavy atom. The quantitative estimate of drug-likeness (QED) is 0.662. The van der Waals surface area contributed by atoms with Gasteiger partial charge in [-0.2, -0.15) is 0 Å². The van der Waals surface area contributed by atoms with E-state index in [1.54, 1.807) is 17.0 Å². The molecule has 1 heterocycles. The predicted molar refractivity (Wildman–Crippen MR) is 96.3 cm³/mol. The Morgan fingerprint density at radius 2 is 1.64 bits per heavy atom. The average Bonchev–Trinajstić information content (AvgIpc) is 2.83. The number of Topliss-reactive ketones (excluding diaryl/α,β-unsaturated/α-hetero) is 1. The number of carbonyl (C=O) groups is 2. The lowest BCUT2D eigenvalue weighted by molar-refractivity contribution is -0.129. The standard InChI is InChI=1S/C20H27NO4/c1-3-4-5-6-7-8-13-21-18(15-9-11-16(23)12-10-15)17(14(2)22)19(24)20(21)25/h9-12,18,23-24H,3-8,13H2,1-2H3/t18-/m1/s1. The van der Waals surface area contributed by atoms with Crippen molar-refractivity contribution in [3.63, 3.8) is 0 Å². The van der Waals surface area contributed by atoms with Crippen molar-refractivity contribution in [3.8, 4) is 5.75 Å². The molecule has 5 heteroatoms. The second-order valence-corrected chi connectivity index (χ2v) is 6.58. The minimum atomic E-state index is -0.582. The normalized spacial score (nSPS) is 17.4. The molecule has 1 aliphatic heterocycles. The lowest BCUT2D eigenvalue weighted by Gasteiger charge is -2.26. The minimum absolute atomic E-state index is 0.119. The van der Waals surface area contributed by atoms with Crippen LogP contribution in [0.5, 0.6) is 5.75 Å². The van der Waals surface area contributed by atoms with Crippen LogP contribution in [0.25, 0.3) is 0 Å². The number of benzene rings is 1. The van der Waals surface area contributed by atoms with Crippen molar-refractivity contribution < 1.29 is 19.8 Å². The summed E-state index contributed by atoms with van der Waals surface area (Å²) in [4.78, 5) is 26.0. The molecule has 0 aromatic heterocycles. The largest absolute Gasteiger partial charge is 0.508 e. The molecular formula is C20H27NO4. The average molecular weight is 345 g/mol. The molecule has 0 bridgehead atoms. The lowest BCUT2D eigenvalue weighted by atomic mass is 9.96. The maximum atomic E-state index is 12.5. The summed E-state index contributed by atoms with van der Waals surface area (Å²) >= 11 is 0. The van der Waals surface area contributed by atoms with E-state index in [1.807, 2.05) is 0 Å². The Bertz CT molecular complexity index is 648. The van der Waals surface area contributed by atoms with Gasteiger partial charge in [0.2, 0.25) is 0 Å². The van der Waals surface area contributed by atoms with Crippen LogP contribution in [0.2, 0.25) is 0 Å². The van der Waals surface area contributed by atoms with Crippen LogP contribution in [0.15, 0.2) is 35.6 Å². The number of nitrogens with zero attached hydrogens (tertiary/aromatic N) is 1. The highest BCUT2D eigenvalue weighted by molar-refractivity contribution is 6.08. The fraction of sp³-hybridized carbons (Fsp3) is 0.500. The molecule has 0 spiro atoms. The molecule has 1 aliphatic rings. The molecule has 2 rings (SSSR count). The van der Waals surface area contributed by atoms with E-state index in [2.05, 4.69) is 6.92 Å². The number of hydrogen-bond donors (Lipinski definition) is 2. The van der Waals surface area contributed by atoms with Crippen LogP contribution < -0.4 is 0 Å². The number of aromatic hydroxyl groups is 1. The first-order chi connectivity index (χ1) is 12.0. The van der Waals surface area contributed by atoms with E-state index in [-0.39, 0.29) is 17.1 Å². The number of unbranched alkanes of at least 4 members (excludes halogenated alkanes) is 5. The highest BCUT2D eigenvalue weighted by Crippen LogP contribution is 2.38. The maximum Gasteiger partial charge on any atom is 0.290 e. The van der Waals surface area contributed by atoms with Crippen LogP contribution >= 0.6 is 0 Å². The lowest BCUT2D eigenvalue weighted by Crippen LogP contribution is -2.32. The van der Waals surface area contributed by atoms with Gasteiger partial charge in [-0.25, -0.2) is 0 Å². The third kappa shape index (κ3) is 4.41. The van der Waals surface area contributed by atoms with Crippen LogP contribution in [-0.2, 0) is 9.59 Å². The van der Waals surface area contributed by atoms with Gasteiger partial charge >= 0.3 is 0 Å². The fourth-order valence-corrected chi connectivity index (χ4v) is 3.31. The molecule has 25 heavy (non-hydrogen) atoms. The van der Waals surface area contributed by atoms with Gasteiger partial charge in [-0.05, 0) is 31.0 Å². The van der Waals surface area contributed by atoms with E-state index in [0.717, 1.165) is 19.3 Å². The van der Waals surface area contributed by atoms with E-state index in [1.165, 1.54) is 38.3 Å². The van der Waals surface area contributed by atoms with Crippen molar-refractivity contribution in [3.05, 3.63) is 41.2 Å². The van der Waals surface area contributed by atoms with E-state index < -0.39 is 17.7 Å². The topological polar surface area (TPSA) is 77.8 Å². The van der Waals surface area contributed by atoms with Gasteiger partial charge in [-0.15, -0.1) is 0 Å². The molecule has 136 valence electrons. The molecule has 0 fully saturated rings. The van der Waals surface area contributed by atoms with E-state index >= 15 is 0 Å². The number of aliphatic hydroxyl groups excluding tert-OH is 1. The fourth-order valence-electron chi connectivity index (χ4n) is 3.31.